The highest BCUT2D eigenvalue weighted by atomic mass is 16.2. The maximum absolute atomic E-state index is 13.3. The molecule has 6 heteroatoms. The molecule has 0 radical (unpaired) electrons. The molecular weight excluding hydrogens is 412 g/mol. The number of piperazine rings is 1. The fourth-order valence-electron chi connectivity index (χ4n) is 6.01. The van der Waals surface area contributed by atoms with Crippen LogP contribution in [0.4, 0.5) is 0 Å². The van der Waals surface area contributed by atoms with Crippen molar-refractivity contribution in [3.63, 3.8) is 0 Å². The van der Waals surface area contributed by atoms with E-state index in [-0.39, 0.29) is 17.9 Å². The molecule has 6 nitrogen and oxygen atoms in total. The summed E-state index contributed by atoms with van der Waals surface area (Å²) in [7, 11) is 0. The van der Waals surface area contributed by atoms with Crippen molar-refractivity contribution in [1.29, 1.82) is 0 Å². The molecule has 1 N–H and O–H groups in total. The second-order valence-corrected chi connectivity index (χ2v) is 10.2. The monoisotopic (exact) mass is 454 g/mol. The van der Waals surface area contributed by atoms with Gasteiger partial charge >= 0.3 is 0 Å². The lowest BCUT2D eigenvalue weighted by Crippen LogP contribution is -2.58. The molecule has 1 aliphatic carbocycles. The smallest absolute Gasteiger partial charge is 0.253 e. The van der Waals surface area contributed by atoms with E-state index in [1.165, 1.54) is 38.6 Å². The van der Waals surface area contributed by atoms with Gasteiger partial charge in [0.25, 0.3) is 5.91 Å². The van der Waals surface area contributed by atoms with E-state index in [0.29, 0.717) is 25.0 Å². The fourth-order valence-corrected chi connectivity index (χ4v) is 6.01. The summed E-state index contributed by atoms with van der Waals surface area (Å²) in [5.41, 5.74) is 0.749. The minimum absolute atomic E-state index is 0.0459. The van der Waals surface area contributed by atoms with Crippen LogP contribution >= 0.6 is 0 Å². The van der Waals surface area contributed by atoms with Crippen LogP contribution in [-0.2, 0) is 4.79 Å². The van der Waals surface area contributed by atoms with Crippen LogP contribution in [0.15, 0.2) is 30.3 Å². The topological polar surface area (TPSA) is 55.9 Å². The number of piperidine rings is 1. The minimum Gasteiger partial charge on any atom is -0.355 e. The van der Waals surface area contributed by atoms with Gasteiger partial charge < -0.3 is 15.1 Å². The van der Waals surface area contributed by atoms with Crippen LogP contribution in [0.25, 0.3) is 0 Å². The number of nitrogens with zero attached hydrogens (tertiary/aromatic N) is 3. The third-order valence-corrected chi connectivity index (χ3v) is 7.99. The van der Waals surface area contributed by atoms with Crippen molar-refractivity contribution in [2.45, 2.75) is 70.4 Å². The zero-order chi connectivity index (χ0) is 23.0. The first-order valence-corrected chi connectivity index (χ1v) is 13.2. The molecule has 182 valence electrons. The molecule has 2 heterocycles. The fraction of sp³-hybridized carbons (Fsp3) is 0.704. The Kier molecular flexibility index (Phi) is 8.79. The highest BCUT2D eigenvalue weighted by Gasteiger charge is 2.37. The van der Waals surface area contributed by atoms with Crippen molar-refractivity contribution in [3.8, 4) is 0 Å². The molecule has 2 saturated heterocycles. The van der Waals surface area contributed by atoms with E-state index in [9.17, 15) is 9.59 Å². The van der Waals surface area contributed by atoms with Gasteiger partial charge in [0.15, 0.2) is 0 Å². The maximum Gasteiger partial charge on any atom is 0.253 e. The molecule has 2 aliphatic heterocycles. The van der Waals surface area contributed by atoms with E-state index < -0.39 is 0 Å². The number of hydrogen-bond acceptors (Lipinski definition) is 4. The molecule has 0 aromatic heterocycles. The second-order valence-electron chi connectivity index (χ2n) is 10.2. The van der Waals surface area contributed by atoms with Gasteiger partial charge in [0.1, 0.15) is 0 Å². The van der Waals surface area contributed by atoms with E-state index in [0.717, 1.165) is 51.0 Å². The molecule has 2 atom stereocenters. The molecule has 2 amide bonds. The highest BCUT2D eigenvalue weighted by molar-refractivity contribution is 5.94. The largest absolute Gasteiger partial charge is 0.355 e. The first-order chi connectivity index (χ1) is 16.1. The molecule has 0 unspecified atom stereocenters. The van der Waals surface area contributed by atoms with Crippen molar-refractivity contribution in [2.75, 3.05) is 45.8 Å². The number of amides is 2. The number of rotatable bonds is 8. The van der Waals surface area contributed by atoms with Crippen LogP contribution in [0, 0.1) is 5.92 Å². The van der Waals surface area contributed by atoms with Crippen LogP contribution in [-0.4, -0.2) is 84.4 Å². The average Bonchev–Trinajstić information content (AvgIpc) is 3.38. The third kappa shape index (κ3) is 6.36. The first-order valence-electron chi connectivity index (χ1n) is 13.2. The molecule has 1 aromatic carbocycles. The quantitative estimate of drug-likeness (QED) is 0.612. The molecule has 0 spiro atoms. The standard InChI is InChI=1S/C27H42N4O2/c1-22-10-7-8-16-29(22)17-9-15-28-26(32)25(23-11-5-6-12-23)30-18-20-31(21-19-30)27(33)24-13-3-2-4-14-24/h2-4,13-14,22-23,25H,5-12,15-21H2,1H3,(H,28,32)/t22-,25+/m0/s1. The van der Waals surface area contributed by atoms with Crippen molar-refractivity contribution in [2.24, 2.45) is 5.92 Å². The van der Waals surface area contributed by atoms with Gasteiger partial charge in [-0.25, -0.2) is 0 Å². The predicted octanol–water partition coefficient (Wildman–Crippen LogP) is 3.38. The van der Waals surface area contributed by atoms with Crippen molar-refractivity contribution in [1.82, 2.24) is 20.0 Å². The molecule has 4 rings (SSSR count). The zero-order valence-corrected chi connectivity index (χ0v) is 20.4. The Labute approximate surface area is 199 Å². The van der Waals surface area contributed by atoms with E-state index >= 15 is 0 Å². The summed E-state index contributed by atoms with van der Waals surface area (Å²) < 4.78 is 0. The lowest BCUT2D eigenvalue weighted by atomic mass is 9.95. The Morgan fingerprint density at radius 2 is 1.64 bits per heavy atom. The van der Waals surface area contributed by atoms with Crippen LogP contribution in [0.1, 0.15) is 68.6 Å². The average molecular weight is 455 g/mol. The van der Waals surface area contributed by atoms with Gasteiger partial charge in [-0.1, -0.05) is 37.5 Å². The summed E-state index contributed by atoms with van der Waals surface area (Å²) in [6.45, 7) is 8.31. The number of benzene rings is 1. The van der Waals surface area contributed by atoms with Gasteiger partial charge in [0, 0.05) is 50.9 Å². The molecule has 33 heavy (non-hydrogen) atoms. The van der Waals surface area contributed by atoms with E-state index in [1.54, 1.807) is 0 Å². The Bertz CT molecular complexity index is 757. The first kappa shape index (κ1) is 24.2. The molecule has 1 aromatic rings. The number of carbonyl (C=O) groups excluding carboxylic acids is 2. The van der Waals surface area contributed by atoms with Gasteiger partial charge in [0.2, 0.25) is 5.91 Å². The number of nitrogens with one attached hydrogen (secondary N) is 1. The van der Waals surface area contributed by atoms with Gasteiger partial charge in [-0.15, -0.1) is 0 Å². The molecule has 1 saturated carbocycles. The maximum atomic E-state index is 13.3. The Morgan fingerprint density at radius 1 is 0.939 bits per heavy atom. The van der Waals surface area contributed by atoms with Gasteiger partial charge in [-0.2, -0.15) is 0 Å². The SMILES string of the molecule is C[C@H]1CCCCN1CCCNC(=O)[C@@H](C1CCCC1)N1CCN(C(=O)c2ccccc2)CC1. The highest BCUT2D eigenvalue weighted by Crippen LogP contribution is 2.31. The predicted molar refractivity (Wildman–Crippen MR) is 132 cm³/mol. The van der Waals surface area contributed by atoms with Gasteiger partial charge in [-0.3, -0.25) is 14.5 Å². The Hall–Kier alpha value is -1.92. The Morgan fingerprint density at radius 3 is 2.33 bits per heavy atom. The van der Waals surface area contributed by atoms with Gasteiger partial charge in [0.05, 0.1) is 6.04 Å². The summed E-state index contributed by atoms with van der Waals surface area (Å²) in [5, 5.41) is 3.28. The number of likely N-dealkylation sites (tertiary alicyclic amines) is 1. The molecular formula is C27H42N4O2. The lowest BCUT2D eigenvalue weighted by molar-refractivity contribution is -0.129. The summed E-state index contributed by atoms with van der Waals surface area (Å²) in [6.07, 6.45) is 9.73. The Balaban J connectivity index is 1.28. The van der Waals surface area contributed by atoms with Crippen LogP contribution < -0.4 is 5.32 Å². The second kappa shape index (κ2) is 12.0. The summed E-state index contributed by atoms with van der Waals surface area (Å²) in [4.78, 5) is 33.0. The van der Waals surface area contributed by atoms with E-state index in [2.05, 4.69) is 22.0 Å². The van der Waals surface area contributed by atoms with Crippen LogP contribution in [0.2, 0.25) is 0 Å². The van der Waals surface area contributed by atoms with Crippen LogP contribution in [0.5, 0.6) is 0 Å². The summed E-state index contributed by atoms with van der Waals surface area (Å²) >= 11 is 0. The third-order valence-electron chi connectivity index (χ3n) is 7.99. The molecule has 3 aliphatic rings. The minimum atomic E-state index is -0.0459. The number of carbonyl (C=O) groups is 2. The normalized spacial score (nSPS) is 24.0. The van der Waals surface area contributed by atoms with Gasteiger partial charge in [-0.05, 0) is 63.6 Å². The number of hydrogen-bond donors (Lipinski definition) is 1. The van der Waals surface area contributed by atoms with Crippen molar-refractivity contribution < 1.29 is 9.59 Å². The summed E-state index contributed by atoms with van der Waals surface area (Å²) in [5.74, 6) is 0.754. The van der Waals surface area contributed by atoms with Crippen LogP contribution in [0.3, 0.4) is 0 Å². The van der Waals surface area contributed by atoms with Crippen molar-refractivity contribution >= 4 is 11.8 Å². The lowest BCUT2D eigenvalue weighted by Gasteiger charge is -2.41. The van der Waals surface area contributed by atoms with E-state index in [4.69, 9.17) is 0 Å². The van der Waals surface area contributed by atoms with Crippen molar-refractivity contribution in [3.05, 3.63) is 35.9 Å². The van der Waals surface area contributed by atoms with E-state index in [1.807, 2.05) is 35.2 Å². The molecule has 0 bridgehead atoms. The summed E-state index contributed by atoms with van der Waals surface area (Å²) in [6, 6.07) is 10.2. The zero-order valence-electron chi connectivity index (χ0n) is 20.4. The molecule has 3 fully saturated rings.